The lowest BCUT2D eigenvalue weighted by atomic mass is 9.90. The first kappa shape index (κ1) is 29.5. The summed E-state index contributed by atoms with van der Waals surface area (Å²) in [6.07, 6.45) is 5.59. The van der Waals surface area contributed by atoms with Gasteiger partial charge in [-0.25, -0.2) is 18.6 Å². The summed E-state index contributed by atoms with van der Waals surface area (Å²) < 4.78 is 47.9. The lowest BCUT2D eigenvalue weighted by molar-refractivity contribution is 0.0253. The maximum atomic E-state index is 15.3. The summed E-state index contributed by atoms with van der Waals surface area (Å²) in [5, 5.41) is 10.6. The monoisotopic (exact) mass is 608 g/mol. The maximum absolute atomic E-state index is 15.3. The number of nitrogens with zero attached hydrogens (tertiary/aromatic N) is 5. The fourth-order valence-electron chi connectivity index (χ4n) is 5.80. The van der Waals surface area contributed by atoms with Crippen molar-refractivity contribution in [2.45, 2.75) is 38.0 Å². The van der Waals surface area contributed by atoms with Crippen LogP contribution in [0.5, 0.6) is 5.75 Å². The molecular formula is C30H34F2N8O4. The summed E-state index contributed by atoms with van der Waals surface area (Å²) in [7, 11) is 1.32. The van der Waals surface area contributed by atoms with Gasteiger partial charge in [-0.3, -0.25) is 4.98 Å². The molecule has 3 unspecified atom stereocenters. The lowest BCUT2D eigenvalue weighted by Crippen LogP contribution is -2.62. The zero-order valence-corrected chi connectivity index (χ0v) is 24.4. The molecule has 0 spiro atoms. The molecule has 2 aliphatic heterocycles. The Morgan fingerprint density at radius 3 is 2.61 bits per heavy atom. The van der Waals surface area contributed by atoms with E-state index in [0.29, 0.717) is 56.3 Å². The third-order valence-electron chi connectivity index (χ3n) is 8.00. The largest absolute Gasteiger partial charge is 0.490 e. The highest BCUT2D eigenvalue weighted by Crippen LogP contribution is 2.33. The summed E-state index contributed by atoms with van der Waals surface area (Å²) in [5.41, 5.74) is 8.37. The van der Waals surface area contributed by atoms with Gasteiger partial charge < -0.3 is 35.5 Å². The number of pyridine rings is 1. The van der Waals surface area contributed by atoms with Gasteiger partial charge in [0.15, 0.2) is 0 Å². The number of rotatable bonds is 7. The van der Waals surface area contributed by atoms with Crippen LogP contribution in [0.4, 0.5) is 30.9 Å². The van der Waals surface area contributed by atoms with E-state index in [4.69, 9.17) is 19.9 Å². The number of halogens is 2. The fraction of sp³-hybridized carbons (Fsp3) is 0.400. The van der Waals surface area contributed by atoms with Crippen LogP contribution in [0, 0.1) is 17.6 Å². The number of hydrogen-bond acceptors (Lipinski definition) is 10. The summed E-state index contributed by atoms with van der Waals surface area (Å²) >= 11 is 0. The van der Waals surface area contributed by atoms with Gasteiger partial charge in [-0.15, -0.1) is 0 Å². The van der Waals surface area contributed by atoms with Gasteiger partial charge in [-0.2, -0.15) is 9.61 Å². The molecule has 44 heavy (non-hydrogen) atoms. The molecule has 0 saturated carbocycles. The Labute approximate surface area is 252 Å². The number of ether oxygens (including phenoxy) is 3. The predicted octanol–water partition coefficient (Wildman–Crippen LogP) is 3.88. The van der Waals surface area contributed by atoms with Crippen LogP contribution in [0.25, 0.3) is 16.8 Å². The highest BCUT2D eigenvalue weighted by Gasteiger charge is 2.34. The highest BCUT2D eigenvalue weighted by molar-refractivity contribution is 5.74. The number of benzene rings is 1. The first-order valence-electron chi connectivity index (χ1n) is 14.5. The Hall–Kier alpha value is -4.56. The zero-order valence-electron chi connectivity index (χ0n) is 24.4. The molecular weight excluding hydrogens is 574 g/mol. The van der Waals surface area contributed by atoms with Crippen molar-refractivity contribution in [2.75, 3.05) is 43.6 Å². The second kappa shape index (κ2) is 12.6. The lowest BCUT2D eigenvalue weighted by Gasteiger charge is -2.42. The van der Waals surface area contributed by atoms with Gasteiger partial charge in [0.05, 0.1) is 66.9 Å². The van der Waals surface area contributed by atoms with Gasteiger partial charge in [0.2, 0.25) is 5.95 Å². The first-order chi connectivity index (χ1) is 21.3. The maximum Gasteiger partial charge on any atom is 0.407 e. The smallest absolute Gasteiger partial charge is 0.407 e. The predicted molar refractivity (Wildman–Crippen MR) is 159 cm³/mol. The van der Waals surface area contributed by atoms with E-state index in [1.165, 1.54) is 23.8 Å². The average Bonchev–Trinajstić information content (AvgIpc) is 3.41. The molecule has 232 valence electrons. The van der Waals surface area contributed by atoms with E-state index in [2.05, 4.69) is 30.6 Å². The Bertz CT molecular complexity index is 1610. The molecule has 3 atom stereocenters. The second-order valence-electron chi connectivity index (χ2n) is 11.1. The fourth-order valence-corrected chi connectivity index (χ4v) is 5.80. The van der Waals surface area contributed by atoms with Crippen LogP contribution in [0.3, 0.4) is 0 Å². The van der Waals surface area contributed by atoms with E-state index in [0.717, 1.165) is 5.69 Å². The van der Waals surface area contributed by atoms with Crippen LogP contribution in [0.15, 0.2) is 48.9 Å². The number of piperidine rings is 1. The number of fused-ring (bicyclic) bond motifs is 1. The van der Waals surface area contributed by atoms with Gasteiger partial charge in [0, 0.05) is 50.3 Å². The molecule has 1 aromatic carbocycles. The molecule has 2 saturated heterocycles. The molecule has 2 aliphatic rings. The molecule has 4 aromatic rings. The van der Waals surface area contributed by atoms with Gasteiger partial charge in [0.25, 0.3) is 0 Å². The van der Waals surface area contributed by atoms with Crippen molar-refractivity contribution in [3.8, 4) is 17.0 Å². The quantitative estimate of drug-likeness (QED) is 0.283. The van der Waals surface area contributed by atoms with Gasteiger partial charge in [0.1, 0.15) is 23.5 Å². The number of aromatic nitrogens is 4. The summed E-state index contributed by atoms with van der Waals surface area (Å²) in [6, 6.07) is 6.86. The standard InChI is InChI=1S/C30H34F2N8O4/c1-17-15-39(16-23(33)28(17)37-30(41)42-2)26-5-8-34-14-25(26)36-29-35-13-18-3-4-24(38-40(18)29)27-21(31)11-20(12-22(27)32)44-19-6-9-43-10-7-19/h3-5,8,11-14,17,19,23,28H,6-7,9-10,15-16,33H2,1-2H3,(H,35,36)(H,37,41). The summed E-state index contributed by atoms with van der Waals surface area (Å²) in [5.74, 6) is -1.08. The number of hydrogen-bond donors (Lipinski definition) is 3. The van der Waals surface area contributed by atoms with E-state index in [9.17, 15) is 4.79 Å². The normalized spacial score (nSPS) is 20.8. The molecule has 5 heterocycles. The molecule has 12 nitrogen and oxygen atoms in total. The van der Waals surface area contributed by atoms with Crippen molar-refractivity contribution in [3.63, 3.8) is 0 Å². The number of amides is 1. The number of carbonyl (C=O) groups is 1. The Morgan fingerprint density at radius 2 is 1.89 bits per heavy atom. The molecule has 0 radical (unpaired) electrons. The number of carbonyl (C=O) groups excluding carboxylic acids is 1. The van der Waals surface area contributed by atoms with E-state index in [-0.39, 0.29) is 41.1 Å². The highest BCUT2D eigenvalue weighted by atomic mass is 19.1. The minimum atomic E-state index is -0.779. The Morgan fingerprint density at radius 1 is 1.11 bits per heavy atom. The second-order valence-corrected chi connectivity index (χ2v) is 11.1. The van der Waals surface area contributed by atoms with Gasteiger partial charge in [-0.05, 0) is 24.1 Å². The molecule has 0 aliphatic carbocycles. The third-order valence-corrected chi connectivity index (χ3v) is 8.00. The van der Waals surface area contributed by atoms with Crippen molar-refractivity contribution in [1.29, 1.82) is 0 Å². The number of methoxy groups -OCH3 is 1. The van der Waals surface area contributed by atoms with Crippen molar-refractivity contribution in [1.82, 2.24) is 24.9 Å². The minimum Gasteiger partial charge on any atom is -0.490 e. The van der Waals surface area contributed by atoms with E-state index < -0.39 is 17.7 Å². The number of alkyl carbamates (subject to hydrolysis) is 1. The van der Waals surface area contributed by atoms with Crippen LogP contribution in [0.1, 0.15) is 19.8 Å². The van der Waals surface area contributed by atoms with Crippen molar-refractivity contribution >= 4 is 28.9 Å². The number of imidazole rings is 1. The van der Waals surface area contributed by atoms with Gasteiger partial charge in [-0.1, -0.05) is 6.92 Å². The zero-order chi connectivity index (χ0) is 30.8. The minimum absolute atomic E-state index is 0.0219. The van der Waals surface area contributed by atoms with Crippen LogP contribution >= 0.6 is 0 Å². The van der Waals surface area contributed by atoms with E-state index in [1.54, 1.807) is 30.7 Å². The Kier molecular flexibility index (Phi) is 8.44. The van der Waals surface area contributed by atoms with Crippen LogP contribution in [-0.4, -0.2) is 77.3 Å². The SMILES string of the molecule is COC(=O)NC1C(C)CN(c2ccncc2Nc2ncc3ccc(-c4c(F)cc(OC5CCOCC5)cc4F)nn23)CC1N. The molecule has 3 aromatic heterocycles. The number of anilines is 3. The van der Waals surface area contributed by atoms with Crippen molar-refractivity contribution in [2.24, 2.45) is 11.7 Å². The molecule has 1 amide bonds. The topological polar surface area (TPSA) is 141 Å². The van der Waals surface area contributed by atoms with Crippen LogP contribution in [0.2, 0.25) is 0 Å². The molecule has 6 rings (SSSR count). The number of nitrogens with one attached hydrogen (secondary N) is 2. The average molecular weight is 609 g/mol. The van der Waals surface area contributed by atoms with Crippen LogP contribution < -0.4 is 26.0 Å². The van der Waals surface area contributed by atoms with Gasteiger partial charge >= 0.3 is 6.09 Å². The molecule has 4 N–H and O–H groups in total. The van der Waals surface area contributed by atoms with Crippen LogP contribution in [-0.2, 0) is 9.47 Å². The summed E-state index contributed by atoms with van der Waals surface area (Å²) in [4.78, 5) is 22.7. The van der Waals surface area contributed by atoms with Crippen molar-refractivity contribution in [3.05, 3.63) is 60.6 Å². The van der Waals surface area contributed by atoms with E-state index in [1.807, 2.05) is 13.0 Å². The van der Waals surface area contributed by atoms with E-state index >= 15 is 8.78 Å². The first-order valence-corrected chi connectivity index (χ1v) is 14.5. The number of nitrogens with two attached hydrogens (primary N) is 1. The Balaban J connectivity index is 1.24. The molecule has 14 heteroatoms. The van der Waals surface area contributed by atoms with Crippen molar-refractivity contribution < 1.29 is 27.8 Å². The summed E-state index contributed by atoms with van der Waals surface area (Å²) in [6.45, 7) is 4.20. The molecule has 2 fully saturated rings. The molecule has 0 bridgehead atoms. The third kappa shape index (κ3) is 6.08.